The summed E-state index contributed by atoms with van der Waals surface area (Å²) in [4.78, 5) is 35.2. The Morgan fingerprint density at radius 2 is 1.48 bits per heavy atom. The van der Waals surface area contributed by atoms with Crippen LogP contribution in [0.3, 0.4) is 0 Å². The largest absolute Gasteiger partial charge is 0.427 e. The lowest BCUT2D eigenvalue weighted by Gasteiger charge is -2.31. The van der Waals surface area contributed by atoms with Crippen molar-refractivity contribution in [1.29, 1.82) is 0 Å². The van der Waals surface area contributed by atoms with Crippen LogP contribution >= 0.6 is 11.8 Å². The maximum Gasteiger partial charge on any atom is 0.406 e. The van der Waals surface area contributed by atoms with E-state index in [0.29, 0.717) is 34.5 Å². The van der Waals surface area contributed by atoms with Gasteiger partial charge in [0, 0.05) is 21.6 Å². The van der Waals surface area contributed by atoms with Gasteiger partial charge < -0.3 is 10.5 Å². The van der Waals surface area contributed by atoms with Gasteiger partial charge in [0.05, 0.1) is 0 Å². The number of primary amides is 1. The lowest BCUT2D eigenvalue weighted by Crippen LogP contribution is -2.30. The molecular weight excluding hydrogens is 410 g/mol. The second-order valence-corrected chi connectivity index (χ2v) is 8.58. The fraction of sp³-hybridized carbons (Fsp3) is 0.0800. The van der Waals surface area contributed by atoms with Gasteiger partial charge in [-0.05, 0) is 40.6 Å². The van der Waals surface area contributed by atoms with Crippen molar-refractivity contribution in [3.63, 3.8) is 0 Å². The minimum absolute atomic E-state index is 0.261. The molecule has 2 N–H and O–H groups in total. The summed E-state index contributed by atoms with van der Waals surface area (Å²) >= 11 is 1.29. The molecule has 4 rings (SSSR count). The molecule has 5 nitrogen and oxygen atoms in total. The fourth-order valence-corrected chi connectivity index (χ4v) is 5.25. The van der Waals surface area contributed by atoms with Crippen LogP contribution in [0.5, 0.6) is 0 Å². The SMILES string of the molecule is CC(OC(N)=O)(Sc1cccc2ccccc12)c1c(C=O)cc(C=O)c2ccccc12. The summed E-state index contributed by atoms with van der Waals surface area (Å²) in [6.07, 6.45) is 0.417. The minimum atomic E-state index is -1.33. The highest BCUT2D eigenvalue weighted by Crippen LogP contribution is 2.48. The molecule has 1 unspecified atom stereocenters. The molecule has 0 fully saturated rings. The Hall–Kier alpha value is -3.64. The Morgan fingerprint density at radius 1 is 0.871 bits per heavy atom. The number of carbonyl (C=O) groups is 3. The number of ether oxygens (including phenoxy) is 1. The first-order valence-electron chi connectivity index (χ1n) is 9.58. The summed E-state index contributed by atoms with van der Waals surface area (Å²) < 4.78 is 5.66. The van der Waals surface area contributed by atoms with Crippen LogP contribution in [0.2, 0.25) is 0 Å². The van der Waals surface area contributed by atoms with Gasteiger partial charge in [-0.1, -0.05) is 72.4 Å². The molecule has 0 saturated heterocycles. The molecule has 4 aromatic carbocycles. The minimum Gasteiger partial charge on any atom is -0.427 e. The van der Waals surface area contributed by atoms with Crippen molar-refractivity contribution < 1.29 is 19.1 Å². The Kier molecular flexibility index (Phi) is 5.48. The van der Waals surface area contributed by atoms with Crippen molar-refractivity contribution in [2.45, 2.75) is 16.8 Å². The van der Waals surface area contributed by atoms with E-state index in [1.807, 2.05) is 54.6 Å². The van der Waals surface area contributed by atoms with E-state index in [0.717, 1.165) is 15.7 Å². The highest BCUT2D eigenvalue weighted by Gasteiger charge is 2.37. The predicted molar refractivity (Wildman–Crippen MR) is 123 cm³/mol. The first-order valence-corrected chi connectivity index (χ1v) is 10.4. The zero-order valence-corrected chi connectivity index (χ0v) is 17.5. The molecule has 154 valence electrons. The normalized spacial score (nSPS) is 12.9. The number of hydrogen-bond donors (Lipinski definition) is 1. The standard InChI is InChI=1S/C25H19NO4S/c1-25(30-24(26)29,31-22-12-6-8-16-7-2-3-10-20(16)22)23-18(15-28)13-17(14-27)19-9-4-5-11-21(19)23/h2-15H,1H3,(H2,26,29). The molecule has 4 aromatic rings. The van der Waals surface area contributed by atoms with Gasteiger partial charge in [0.15, 0.2) is 17.5 Å². The van der Waals surface area contributed by atoms with Gasteiger partial charge in [-0.2, -0.15) is 0 Å². The van der Waals surface area contributed by atoms with E-state index >= 15 is 0 Å². The zero-order chi connectivity index (χ0) is 22.0. The molecule has 0 aliphatic rings. The molecule has 0 saturated carbocycles. The second kappa shape index (κ2) is 8.24. The molecule has 0 aliphatic carbocycles. The molecule has 0 heterocycles. The van der Waals surface area contributed by atoms with Crippen molar-refractivity contribution in [3.8, 4) is 0 Å². The van der Waals surface area contributed by atoms with E-state index in [4.69, 9.17) is 10.5 Å². The predicted octanol–water partition coefficient (Wildman–Crippen LogP) is 5.68. The van der Waals surface area contributed by atoms with Crippen LogP contribution in [0, 0.1) is 0 Å². The van der Waals surface area contributed by atoms with Gasteiger partial charge in [0.2, 0.25) is 0 Å². The summed E-state index contributed by atoms with van der Waals surface area (Å²) in [5.41, 5.74) is 6.59. The van der Waals surface area contributed by atoms with Crippen LogP contribution < -0.4 is 5.73 Å². The van der Waals surface area contributed by atoms with Gasteiger partial charge >= 0.3 is 6.09 Å². The number of aldehydes is 2. The summed E-state index contributed by atoms with van der Waals surface area (Å²) in [6, 6.07) is 22.4. The number of amides is 1. The number of carbonyl (C=O) groups excluding carboxylic acids is 3. The van der Waals surface area contributed by atoms with Gasteiger partial charge in [0.25, 0.3) is 0 Å². The van der Waals surface area contributed by atoms with Crippen molar-refractivity contribution in [2.75, 3.05) is 0 Å². The lowest BCUT2D eigenvalue weighted by atomic mass is 9.92. The molecule has 0 aliphatic heterocycles. The Bertz CT molecular complexity index is 1330. The molecular formula is C25H19NO4S. The van der Waals surface area contributed by atoms with Crippen LogP contribution in [0.25, 0.3) is 21.5 Å². The second-order valence-electron chi connectivity index (χ2n) is 7.16. The van der Waals surface area contributed by atoms with Crippen LogP contribution in [-0.4, -0.2) is 18.7 Å². The number of thioether (sulfide) groups is 1. The first kappa shape index (κ1) is 20.6. The quantitative estimate of drug-likeness (QED) is 0.242. The molecule has 0 bridgehead atoms. The number of hydrogen-bond acceptors (Lipinski definition) is 5. The molecule has 0 aromatic heterocycles. The van der Waals surface area contributed by atoms with Gasteiger partial charge in [-0.25, -0.2) is 4.79 Å². The Balaban J connectivity index is 2.00. The molecule has 31 heavy (non-hydrogen) atoms. The number of rotatable bonds is 6. The maximum atomic E-state index is 12.0. The highest BCUT2D eigenvalue weighted by atomic mass is 32.2. The van der Waals surface area contributed by atoms with E-state index < -0.39 is 11.0 Å². The molecule has 1 amide bonds. The van der Waals surface area contributed by atoms with Crippen LogP contribution in [0.15, 0.2) is 77.7 Å². The van der Waals surface area contributed by atoms with Gasteiger partial charge in [-0.15, -0.1) is 0 Å². The topological polar surface area (TPSA) is 86.5 Å². The van der Waals surface area contributed by atoms with Crippen LogP contribution in [-0.2, 0) is 9.67 Å². The molecule has 1 atom stereocenters. The average molecular weight is 429 g/mol. The average Bonchev–Trinajstić information content (AvgIpc) is 2.77. The van der Waals surface area contributed by atoms with Crippen molar-refractivity contribution in [3.05, 3.63) is 89.5 Å². The maximum absolute atomic E-state index is 12.0. The summed E-state index contributed by atoms with van der Waals surface area (Å²) in [5.74, 6) is 0. The molecule has 6 heteroatoms. The summed E-state index contributed by atoms with van der Waals surface area (Å²) in [5, 5.41) is 3.32. The van der Waals surface area contributed by atoms with E-state index in [1.54, 1.807) is 19.1 Å². The van der Waals surface area contributed by atoms with E-state index in [1.165, 1.54) is 17.8 Å². The highest BCUT2D eigenvalue weighted by molar-refractivity contribution is 8.00. The lowest BCUT2D eigenvalue weighted by molar-refractivity contribution is 0.0936. The smallest absolute Gasteiger partial charge is 0.406 e. The third-order valence-corrected chi connectivity index (χ3v) is 6.42. The third kappa shape index (κ3) is 3.78. The third-order valence-electron chi connectivity index (χ3n) is 5.16. The van der Waals surface area contributed by atoms with E-state index in [-0.39, 0.29) is 5.56 Å². The van der Waals surface area contributed by atoms with E-state index in [9.17, 15) is 14.4 Å². The number of benzene rings is 4. The van der Waals surface area contributed by atoms with Crippen molar-refractivity contribution >= 4 is 52.0 Å². The first-order chi connectivity index (χ1) is 15.0. The summed E-state index contributed by atoms with van der Waals surface area (Å²) in [7, 11) is 0. The fourth-order valence-electron chi connectivity index (χ4n) is 3.93. The van der Waals surface area contributed by atoms with Crippen molar-refractivity contribution in [1.82, 2.24) is 0 Å². The van der Waals surface area contributed by atoms with E-state index in [2.05, 4.69) is 0 Å². The molecule has 0 spiro atoms. The van der Waals surface area contributed by atoms with Crippen molar-refractivity contribution in [2.24, 2.45) is 5.73 Å². The number of nitrogens with two attached hydrogens (primary N) is 1. The monoisotopic (exact) mass is 429 g/mol. The number of fused-ring (bicyclic) bond motifs is 2. The Labute approximate surface area is 183 Å². The van der Waals surface area contributed by atoms with Gasteiger partial charge in [-0.3, -0.25) is 9.59 Å². The zero-order valence-electron chi connectivity index (χ0n) is 16.7. The van der Waals surface area contributed by atoms with Crippen LogP contribution in [0.4, 0.5) is 4.79 Å². The Morgan fingerprint density at radius 3 is 2.16 bits per heavy atom. The molecule has 0 radical (unpaired) electrons. The van der Waals surface area contributed by atoms with Crippen LogP contribution in [0.1, 0.15) is 33.2 Å². The van der Waals surface area contributed by atoms with Gasteiger partial charge in [0.1, 0.15) is 0 Å². The summed E-state index contributed by atoms with van der Waals surface area (Å²) in [6.45, 7) is 1.71.